The first-order chi connectivity index (χ1) is 26.4. The van der Waals surface area contributed by atoms with Gasteiger partial charge in [-0.25, -0.2) is 9.59 Å². The number of unbranched alkanes of at least 4 members (excludes halogenated alkanes) is 3. The van der Waals surface area contributed by atoms with Gasteiger partial charge < -0.3 is 23.7 Å². The number of carbonyl (C=O) groups excluding carboxylic acids is 2. The van der Waals surface area contributed by atoms with Gasteiger partial charge in [0, 0.05) is 6.08 Å². The van der Waals surface area contributed by atoms with Crippen LogP contribution in [0.15, 0.2) is 134 Å². The predicted octanol–water partition coefficient (Wildman–Crippen LogP) is 9.23. The largest absolute Gasteiger partial charge is 0.494 e. The zero-order valence-electron chi connectivity index (χ0n) is 29.8. The van der Waals surface area contributed by atoms with E-state index in [1.165, 1.54) is 0 Å². The highest BCUT2D eigenvalue weighted by molar-refractivity contribution is 5.91. The Morgan fingerprint density at radius 1 is 0.574 bits per heavy atom. The smallest absolute Gasteiger partial charge is 0.343 e. The Kier molecular flexibility index (Phi) is 14.4. The molecular formula is C45H40N2O7. The van der Waals surface area contributed by atoms with Crippen molar-refractivity contribution in [2.45, 2.75) is 31.6 Å². The van der Waals surface area contributed by atoms with Crippen LogP contribution >= 0.6 is 0 Å². The zero-order chi connectivity index (χ0) is 38.0. The van der Waals surface area contributed by atoms with Crippen LogP contribution in [0.5, 0.6) is 23.0 Å². The maximum atomic E-state index is 12.8. The molecule has 9 heteroatoms. The Balaban J connectivity index is 1.12. The molecule has 0 amide bonds. The Hall–Kier alpha value is -6.84. The average molecular weight is 721 g/mol. The molecule has 54 heavy (non-hydrogen) atoms. The lowest BCUT2D eigenvalue weighted by Crippen LogP contribution is -2.18. The number of hydrogen-bond donors (Lipinski definition) is 0. The fourth-order valence-corrected chi connectivity index (χ4v) is 5.38. The normalized spacial score (nSPS) is 10.4. The first-order valence-corrected chi connectivity index (χ1v) is 17.6. The number of carbonyl (C=O) groups is 2. The van der Waals surface area contributed by atoms with Crippen LogP contribution in [0.3, 0.4) is 0 Å². The van der Waals surface area contributed by atoms with E-state index in [1.807, 2.05) is 36.4 Å². The summed E-state index contributed by atoms with van der Waals surface area (Å²) in [6, 6.07) is 40.5. The van der Waals surface area contributed by atoms with E-state index in [1.54, 1.807) is 84.9 Å². The number of benzene rings is 5. The Morgan fingerprint density at radius 2 is 1.04 bits per heavy atom. The third-order valence-electron chi connectivity index (χ3n) is 8.46. The molecule has 0 fully saturated rings. The summed E-state index contributed by atoms with van der Waals surface area (Å²) in [5.41, 5.74) is 4.49. The highest BCUT2D eigenvalue weighted by atomic mass is 16.5. The topological polar surface area (TPSA) is 128 Å². The summed E-state index contributed by atoms with van der Waals surface area (Å²) in [6.45, 7) is 5.00. The minimum absolute atomic E-state index is 0.119. The third kappa shape index (κ3) is 11.9. The van der Waals surface area contributed by atoms with Gasteiger partial charge in [0.1, 0.15) is 23.0 Å². The van der Waals surface area contributed by atoms with Crippen molar-refractivity contribution in [3.8, 4) is 46.3 Å². The van der Waals surface area contributed by atoms with Gasteiger partial charge in [0.15, 0.2) is 0 Å². The summed E-state index contributed by atoms with van der Waals surface area (Å²) in [4.78, 5) is 23.9. The molecule has 0 aromatic heterocycles. The van der Waals surface area contributed by atoms with Crippen LogP contribution in [0, 0.1) is 22.7 Å². The van der Waals surface area contributed by atoms with Crippen molar-refractivity contribution in [3.63, 3.8) is 0 Å². The predicted molar refractivity (Wildman–Crippen MR) is 204 cm³/mol. The number of nitrogens with zero attached hydrogens (tertiary/aromatic N) is 2. The second-order valence-corrected chi connectivity index (χ2v) is 12.3. The first-order valence-electron chi connectivity index (χ1n) is 17.6. The highest BCUT2D eigenvalue weighted by Gasteiger charge is 2.16. The van der Waals surface area contributed by atoms with E-state index >= 15 is 0 Å². The zero-order valence-corrected chi connectivity index (χ0v) is 29.8. The number of hydrogen-bond acceptors (Lipinski definition) is 9. The second kappa shape index (κ2) is 20.3. The Labute approximate surface area is 315 Å². The van der Waals surface area contributed by atoms with Gasteiger partial charge in [0.25, 0.3) is 0 Å². The fourth-order valence-electron chi connectivity index (χ4n) is 5.38. The molecule has 0 heterocycles. The summed E-state index contributed by atoms with van der Waals surface area (Å²) in [5, 5.41) is 18.2. The molecule has 0 atom stereocenters. The van der Waals surface area contributed by atoms with Gasteiger partial charge in [-0.3, -0.25) is 0 Å². The number of nitriles is 2. The van der Waals surface area contributed by atoms with Crippen molar-refractivity contribution in [2.75, 3.05) is 26.4 Å². The van der Waals surface area contributed by atoms with Gasteiger partial charge >= 0.3 is 11.9 Å². The molecule has 272 valence electrons. The van der Waals surface area contributed by atoms with E-state index in [0.717, 1.165) is 48.4 Å². The van der Waals surface area contributed by atoms with E-state index < -0.39 is 11.9 Å². The monoisotopic (exact) mass is 720 g/mol. The van der Waals surface area contributed by atoms with Crippen LogP contribution in [-0.2, 0) is 9.53 Å². The SMILES string of the molecule is C=CC(=O)OCCCCCCOc1ccc(C(=O)Oc2ccc(-c3ccc(C(COc4ccc(C#N)cc4)COc4ccc(C#N)cc4)cc3)cc2)cc1. The van der Waals surface area contributed by atoms with E-state index in [2.05, 4.69) is 18.7 Å². The van der Waals surface area contributed by atoms with Gasteiger partial charge in [-0.1, -0.05) is 43.0 Å². The van der Waals surface area contributed by atoms with E-state index in [-0.39, 0.29) is 5.92 Å². The number of rotatable bonds is 19. The van der Waals surface area contributed by atoms with Gasteiger partial charge in [0.2, 0.25) is 0 Å². The molecule has 9 nitrogen and oxygen atoms in total. The van der Waals surface area contributed by atoms with E-state index in [9.17, 15) is 9.59 Å². The molecule has 0 radical (unpaired) electrons. The molecule has 5 rings (SSSR count). The third-order valence-corrected chi connectivity index (χ3v) is 8.46. The maximum Gasteiger partial charge on any atom is 0.343 e. The lowest BCUT2D eigenvalue weighted by molar-refractivity contribution is -0.137. The van der Waals surface area contributed by atoms with Crippen LogP contribution in [0.25, 0.3) is 11.1 Å². The molecule has 5 aromatic carbocycles. The average Bonchev–Trinajstić information content (AvgIpc) is 3.22. The van der Waals surface area contributed by atoms with Crippen molar-refractivity contribution in [1.82, 2.24) is 0 Å². The first kappa shape index (κ1) is 38.4. The van der Waals surface area contributed by atoms with Crippen molar-refractivity contribution >= 4 is 11.9 Å². The Morgan fingerprint density at radius 3 is 1.56 bits per heavy atom. The van der Waals surface area contributed by atoms with Crippen molar-refractivity contribution in [3.05, 3.63) is 156 Å². The lowest BCUT2D eigenvalue weighted by atomic mass is 9.97. The maximum absolute atomic E-state index is 12.8. The number of ether oxygens (including phenoxy) is 5. The van der Waals surface area contributed by atoms with Gasteiger partial charge in [0.05, 0.1) is 61.2 Å². The van der Waals surface area contributed by atoms with E-state index in [0.29, 0.717) is 66.1 Å². The van der Waals surface area contributed by atoms with Crippen LogP contribution in [0.2, 0.25) is 0 Å². The van der Waals surface area contributed by atoms with Crippen LogP contribution in [0.1, 0.15) is 58.6 Å². The summed E-state index contributed by atoms with van der Waals surface area (Å²) in [6.07, 6.45) is 4.71. The summed E-state index contributed by atoms with van der Waals surface area (Å²) < 4.78 is 28.6. The molecule has 5 aromatic rings. The molecule has 0 N–H and O–H groups in total. The van der Waals surface area contributed by atoms with Crippen LogP contribution in [-0.4, -0.2) is 38.4 Å². The molecule has 0 aliphatic rings. The second-order valence-electron chi connectivity index (χ2n) is 12.3. The Bertz CT molecular complexity index is 1980. The minimum Gasteiger partial charge on any atom is -0.494 e. The van der Waals surface area contributed by atoms with Crippen molar-refractivity contribution in [1.29, 1.82) is 10.5 Å². The van der Waals surface area contributed by atoms with Gasteiger partial charge in [-0.2, -0.15) is 10.5 Å². The quantitative estimate of drug-likeness (QED) is 0.0355. The van der Waals surface area contributed by atoms with Gasteiger partial charge in [-0.15, -0.1) is 0 Å². The molecular weight excluding hydrogens is 681 g/mol. The lowest BCUT2D eigenvalue weighted by Gasteiger charge is -2.19. The summed E-state index contributed by atoms with van der Waals surface area (Å²) >= 11 is 0. The van der Waals surface area contributed by atoms with Gasteiger partial charge in [-0.05, 0) is 127 Å². The molecule has 0 spiro atoms. The molecule has 0 aliphatic heterocycles. The molecule has 0 unspecified atom stereocenters. The molecule has 0 saturated heterocycles. The molecule has 0 bridgehead atoms. The van der Waals surface area contributed by atoms with E-state index in [4.69, 9.17) is 34.2 Å². The molecule has 0 saturated carbocycles. The fraction of sp³-hybridized carbons (Fsp3) is 0.200. The van der Waals surface area contributed by atoms with Crippen molar-refractivity contribution < 1.29 is 33.3 Å². The van der Waals surface area contributed by atoms with Crippen LogP contribution < -0.4 is 18.9 Å². The standard InChI is InChI=1S/C45H40N2O7/c1-2-44(48)51-28-6-4-3-5-27-50-40-23-17-38(18-24-40)45(49)54-43-25-15-36(16-26-43)35-11-13-37(14-12-35)39(31-52-41-19-7-33(29-46)8-20-41)32-53-42-21-9-34(30-47)10-22-42/h2,7-26,39H,1,3-6,27-28,31-32H2. The number of esters is 2. The minimum atomic E-state index is -0.465. The summed E-state index contributed by atoms with van der Waals surface area (Å²) in [7, 11) is 0. The van der Waals surface area contributed by atoms with Crippen molar-refractivity contribution in [2.24, 2.45) is 0 Å². The van der Waals surface area contributed by atoms with Crippen LogP contribution in [0.4, 0.5) is 0 Å². The highest BCUT2D eigenvalue weighted by Crippen LogP contribution is 2.27. The molecule has 0 aliphatic carbocycles. The summed E-state index contributed by atoms with van der Waals surface area (Å²) in [5.74, 6) is 1.43.